The molecular weight excluding hydrogens is 542 g/mol. The molecule has 0 saturated heterocycles. The number of hydrogen-bond donors (Lipinski definition) is 2. The van der Waals surface area contributed by atoms with E-state index in [-0.39, 0.29) is 29.5 Å². The normalized spacial score (nSPS) is 11.0. The molecule has 0 bridgehead atoms. The summed E-state index contributed by atoms with van der Waals surface area (Å²) in [5.74, 6) is 2.31. The minimum atomic E-state index is -0.549. The van der Waals surface area contributed by atoms with Crippen molar-refractivity contribution in [3.05, 3.63) is 70.3 Å². The Kier molecular flexibility index (Phi) is 8.51. The van der Waals surface area contributed by atoms with Crippen molar-refractivity contribution in [2.75, 3.05) is 21.3 Å². The molecule has 0 saturated carbocycles. The third-order valence-corrected chi connectivity index (χ3v) is 6.77. The summed E-state index contributed by atoms with van der Waals surface area (Å²) in [5.41, 5.74) is 1.53. The maximum atomic E-state index is 13.2. The van der Waals surface area contributed by atoms with Gasteiger partial charge in [0.2, 0.25) is 17.6 Å². The van der Waals surface area contributed by atoms with E-state index in [0.29, 0.717) is 52.9 Å². The number of aromatic amines is 1. The summed E-state index contributed by atoms with van der Waals surface area (Å²) in [6.07, 6.45) is 2.81. The van der Waals surface area contributed by atoms with Gasteiger partial charge in [-0.1, -0.05) is 24.6 Å². The first-order chi connectivity index (χ1) is 20.5. The molecule has 0 aliphatic rings. The van der Waals surface area contributed by atoms with Crippen molar-refractivity contribution in [2.45, 2.75) is 39.0 Å². The van der Waals surface area contributed by atoms with Crippen LogP contribution < -0.4 is 19.8 Å². The highest BCUT2D eigenvalue weighted by Crippen LogP contribution is 2.46. The number of rotatable bonds is 12. The van der Waals surface area contributed by atoms with Gasteiger partial charge in [0.25, 0.3) is 11.4 Å². The summed E-state index contributed by atoms with van der Waals surface area (Å²) in [6.45, 7) is 2.05. The Morgan fingerprint density at radius 2 is 1.57 bits per heavy atom. The Morgan fingerprint density at radius 1 is 0.857 bits per heavy atom. The highest BCUT2D eigenvalue weighted by atomic mass is 16.5. The number of H-pyrrole nitrogens is 1. The molecule has 12 nitrogen and oxygen atoms in total. The predicted octanol–water partition coefficient (Wildman–Crippen LogP) is 5.00. The Hall–Kier alpha value is -5.13. The van der Waals surface area contributed by atoms with E-state index in [9.17, 15) is 9.90 Å². The van der Waals surface area contributed by atoms with Crippen LogP contribution in [0.15, 0.2) is 56.2 Å². The molecule has 3 aromatic heterocycles. The van der Waals surface area contributed by atoms with Gasteiger partial charge in [0.15, 0.2) is 0 Å². The zero-order chi connectivity index (χ0) is 29.6. The topological polar surface area (TPSA) is 159 Å². The molecule has 42 heavy (non-hydrogen) atoms. The van der Waals surface area contributed by atoms with E-state index in [0.717, 1.165) is 24.2 Å². The first-order valence-electron chi connectivity index (χ1n) is 13.5. The lowest BCUT2D eigenvalue weighted by molar-refractivity contribution is 0.373. The molecule has 218 valence electrons. The van der Waals surface area contributed by atoms with E-state index < -0.39 is 5.56 Å². The predicted molar refractivity (Wildman–Crippen MR) is 153 cm³/mol. The number of ether oxygens (including phenoxy) is 3. The lowest BCUT2D eigenvalue weighted by Crippen LogP contribution is -2.14. The standard InChI is InChI=1S/C30H31N5O7/c1-5-6-8-19-24(25-20(39-3)9-7-10-21(25)40-4)27(36)26(29(37)31-19)30-34-33-23(41-30)16-15-22-32-28(35-42-22)17-11-13-18(38-2)14-12-17/h7,9-14H,5-6,8,15-16H2,1-4H3,(H2,31,36,37). The largest absolute Gasteiger partial charge is 0.506 e. The Balaban J connectivity index is 1.44. The van der Waals surface area contributed by atoms with Crippen LogP contribution in [-0.2, 0) is 19.3 Å². The number of aryl methyl sites for hydroxylation is 3. The quantitative estimate of drug-likeness (QED) is 0.207. The number of nitrogens with zero attached hydrogens (tertiary/aromatic N) is 4. The van der Waals surface area contributed by atoms with E-state index in [2.05, 4.69) is 25.3 Å². The van der Waals surface area contributed by atoms with Gasteiger partial charge in [0.05, 0.1) is 32.5 Å². The molecule has 2 aromatic carbocycles. The van der Waals surface area contributed by atoms with Gasteiger partial charge in [-0.05, 0) is 49.2 Å². The fourth-order valence-corrected chi connectivity index (χ4v) is 4.63. The van der Waals surface area contributed by atoms with Crippen LogP contribution in [0.4, 0.5) is 0 Å². The van der Waals surface area contributed by atoms with E-state index >= 15 is 0 Å². The lowest BCUT2D eigenvalue weighted by Gasteiger charge is -2.18. The molecule has 3 heterocycles. The molecular formula is C30H31N5O7. The van der Waals surface area contributed by atoms with Gasteiger partial charge in [-0.3, -0.25) is 4.79 Å². The number of hydrogen-bond acceptors (Lipinski definition) is 11. The molecule has 0 atom stereocenters. The fraction of sp³-hybridized carbons (Fsp3) is 0.300. The molecule has 5 aromatic rings. The number of methoxy groups -OCH3 is 3. The van der Waals surface area contributed by atoms with Gasteiger partial charge in [0, 0.05) is 24.1 Å². The van der Waals surface area contributed by atoms with Crippen molar-refractivity contribution in [3.63, 3.8) is 0 Å². The van der Waals surface area contributed by atoms with E-state index in [1.54, 1.807) is 25.3 Å². The molecule has 0 aliphatic carbocycles. The van der Waals surface area contributed by atoms with Crippen LogP contribution in [0.5, 0.6) is 23.0 Å². The van der Waals surface area contributed by atoms with Crippen molar-refractivity contribution in [1.82, 2.24) is 25.3 Å². The van der Waals surface area contributed by atoms with Crippen LogP contribution in [0.2, 0.25) is 0 Å². The van der Waals surface area contributed by atoms with Crippen LogP contribution in [-0.4, -0.2) is 51.8 Å². The van der Waals surface area contributed by atoms with Crippen molar-refractivity contribution < 1.29 is 28.3 Å². The molecule has 12 heteroatoms. The second kappa shape index (κ2) is 12.6. The number of benzene rings is 2. The number of nitrogens with one attached hydrogen (secondary N) is 1. The first kappa shape index (κ1) is 28.4. The Bertz CT molecular complexity index is 1700. The van der Waals surface area contributed by atoms with Gasteiger partial charge < -0.3 is 33.2 Å². The number of aromatic nitrogens is 5. The maximum Gasteiger partial charge on any atom is 0.264 e. The minimum absolute atomic E-state index is 0.120. The summed E-state index contributed by atoms with van der Waals surface area (Å²) in [5, 5.41) is 23.7. The van der Waals surface area contributed by atoms with Gasteiger partial charge in [-0.15, -0.1) is 10.2 Å². The second-order valence-corrected chi connectivity index (χ2v) is 9.41. The molecule has 0 radical (unpaired) electrons. The summed E-state index contributed by atoms with van der Waals surface area (Å²) in [7, 11) is 4.66. The SMILES string of the molecule is CCCCc1[nH]c(=O)c(-c2nnc(CCc3nc(-c4ccc(OC)cc4)no3)o2)c(O)c1-c1c(OC)cccc1OC. The zero-order valence-corrected chi connectivity index (χ0v) is 23.8. The summed E-state index contributed by atoms with van der Waals surface area (Å²) in [4.78, 5) is 20.6. The van der Waals surface area contributed by atoms with Gasteiger partial charge >= 0.3 is 0 Å². The molecule has 0 fully saturated rings. The smallest absolute Gasteiger partial charge is 0.264 e. The monoisotopic (exact) mass is 573 g/mol. The van der Waals surface area contributed by atoms with Crippen LogP contribution >= 0.6 is 0 Å². The fourth-order valence-electron chi connectivity index (χ4n) is 4.63. The Labute approximate surface area is 241 Å². The molecule has 2 N–H and O–H groups in total. The number of pyridine rings is 1. The highest BCUT2D eigenvalue weighted by Gasteiger charge is 2.27. The third kappa shape index (κ3) is 5.69. The van der Waals surface area contributed by atoms with Crippen LogP contribution in [0.25, 0.3) is 34.0 Å². The molecule has 0 amide bonds. The Morgan fingerprint density at radius 3 is 2.24 bits per heavy atom. The third-order valence-electron chi connectivity index (χ3n) is 6.77. The first-order valence-corrected chi connectivity index (χ1v) is 13.5. The summed E-state index contributed by atoms with van der Waals surface area (Å²) < 4.78 is 27.6. The summed E-state index contributed by atoms with van der Waals surface area (Å²) in [6, 6.07) is 12.6. The number of unbranched alkanes of at least 4 members (excludes halogenated alkanes) is 1. The second-order valence-electron chi connectivity index (χ2n) is 9.41. The average molecular weight is 574 g/mol. The van der Waals surface area contributed by atoms with Crippen LogP contribution in [0.1, 0.15) is 37.2 Å². The highest BCUT2D eigenvalue weighted by molar-refractivity contribution is 5.87. The van der Waals surface area contributed by atoms with Crippen molar-refractivity contribution in [1.29, 1.82) is 0 Å². The van der Waals surface area contributed by atoms with Crippen molar-refractivity contribution in [2.24, 2.45) is 0 Å². The van der Waals surface area contributed by atoms with Gasteiger partial charge in [-0.25, -0.2) is 0 Å². The van der Waals surface area contributed by atoms with Crippen molar-refractivity contribution >= 4 is 0 Å². The van der Waals surface area contributed by atoms with Crippen LogP contribution in [0, 0.1) is 0 Å². The zero-order valence-electron chi connectivity index (χ0n) is 23.8. The lowest BCUT2D eigenvalue weighted by atomic mass is 9.96. The number of aromatic hydroxyl groups is 1. The van der Waals surface area contributed by atoms with E-state index in [4.69, 9.17) is 23.2 Å². The van der Waals surface area contributed by atoms with Crippen molar-refractivity contribution in [3.8, 4) is 57.0 Å². The van der Waals surface area contributed by atoms with Gasteiger partial charge in [-0.2, -0.15) is 4.98 Å². The average Bonchev–Trinajstić information content (AvgIpc) is 3.69. The van der Waals surface area contributed by atoms with Gasteiger partial charge in [0.1, 0.15) is 28.6 Å². The molecule has 0 aliphatic heterocycles. The van der Waals surface area contributed by atoms with E-state index in [1.165, 1.54) is 14.2 Å². The maximum absolute atomic E-state index is 13.2. The minimum Gasteiger partial charge on any atom is -0.506 e. The molecule has 5 rings (SSSR count). The molecule has 0 spiro atoms. The van der Waals surface area contributed by atoms with Crippen LogP contribution in [0.3, 0.4) is 0 Å². The molecule has 0 unspecified atom stereocenters. The summed E-state index contributed by atoms with van der Waals surface area (Å²) >= 11 is 0. The van der Waals surface area contributed by atoms with E-state index in [1.807, 2.05) is 31.2 Å².